The first-order valence-corrected chi connectivity index (χ1v) is 13.1. The van der Waals surface area contributed by atoms with Crippen molar-refractivity contribution >= 4 is 74.6 Å². The summed E-state index contributed by atoms with van der Waals surface area (Å²) in [5.41, 5.74) is 2.51. The number of aryl methyl sites for hydroxylation is 1. The Hall–Kier alpha value is -0.150. The van der Waals surface area contributed by atoms with Crippen LogP contribution in [0.5, 0.6) is 0 Å². The summed E-state index contributed by atoms with van der Waals surface area (Å²) in [6.45, 7) is 5.43. The SMILES string of the molecule is CCOP(=O)(CCCCn1c2ccc(I)cc2c2cc(I)ccc21)OCC. The molecule has 3 aromatic rings. The molecule has 0 atom stereocenters. The molecular formula is C20H24I2NO3P. The summed E-state index contributed by atoms with van der Waals surface area (Å²) in [5, 5.41) is 2.59. The van der Waals surface area contributed by atoms with Gasteiger partial charge < -0.3 is 13.6 Å². The molecule has 0 N–H and O–H groups in total. The lowest BCUT2D eigenvalue weighted by Gasteiger charge is -2.17. The Balaban J connectivity index is 1.81. The molecule has 0 aliphatic carbocycles. The Morgan fingerprint density at radius 3 is 1.89 bits per heavy atom. The van der Waals surface area contributed by atoms with Crippen molar-refractivity contribution in [2.75, 3.05) is 19.4 Å². The van der Waals surface area contributed by atoms with Gasteiger partial charge in [-0.15, -0.1) is 0 Å². The van der Waals surface area contributed by atoms with Gasteiger partial charge in [0.15, 0.2) is 0 Å². The Morgan fingerprint density at radius 1 is 0.889 bits per heavy atom. The number of benzene rings is 2. The molecule has 0 saturated carbocycles. The minimum absolute atomic E-state index is 0.418. The van der Waals surface area contributed by atoms with Crippen LogP contribution in [-0.2, 0) is 20.2 Å². The van der Waals surface area contributed by atoms with Gasteiger partial charge in [0.2, 0.25) is 0 Å². The van der Waals surface area contributed by atoms with Gasteiger partial charge in [0.25, 0.3) is 0 Å². The topological polar surface area (TPSA) is 40.5 Å². The van der Waals surface area contributed by atoms with Crippen molar-refractivity contribution in [1.29, 1.82) is 0 Å². The lowest BCUT2D eigenvalue weighted by molar-refractivity contribution is 0.219. The van der Waals surface area contributed by atoms with Crippen LogP contribution in [0.3, 0.4) is 0 Å². The Bertz CT molecular complexity index is 917. The fourth-order valence-electron chi connectivity index (χ4n) is 3.42. The quantitative estimate of drug-likeness (QED) is 0.148. The summed E-state index contributed by atoms with van der Waals surface area (Å²) in [6, 6.07) is 13.2. The minimum Gasteiger partial charge on any atom is -0.340 e. The monoisotopic (exact) mass is 611 g/mol. The second kappa shape index (κ2) is 9.57. The molecule has 0 amide bonds. The normalized spacial score (nSPS) is 12.3. The van der Waals surface area contributed by atoms with Gasteiger partial charge in [-0.2, -0.15) is 0 Å². The van der Waals surface area contributed by atoms with E-state index in [1.807, 2.05) is 13.8 Å². The number of fused-ring (bicyclic) bond motifs is 3. The Labute approximate surface area is 187 Å². The van der Waals surface area contributed by atoms with Crippen molar-refractivity contribution in [3.63, 3.8) is 0 Å². The van der Waals surface area contributed by atoms with Gasteiger partial charge in [-0.05, 0) is 108 Å². The standard InChI is InChI=1S/C20H24I2NO3P/c1-3-25-27(24,26-4-2)12-6-5-11-23-19-9-7-15(21)13-17(19)18-14-16(22)8-10-20(18)23/h7-10,13-14H,3-6,11-12H2,1-2H3. The van der Waals surface area contributed by atoms with E-state index in [1.54, 1.807) is 0 Å². The van der Waals surface area contributed by atoms with E-state index in [4.69, 9.17) is 9.05 Å². The highest BCUT2D eigenvalue weighted by atomic mass is 127. The van der Waals surface area contributed by atoms with Crippen molar-refractivity contribution in [3.8, 4) is 0 Å². The maximum atomic E-state index is 12.6. The second-order valence-electron chi connectivity index (χ2n) is 6.35. The number of halogens is 2. The molecular weight excluding hydrogens is 587 g/mol. The fourth-order valence-corrected chi connectivity index (χ4v) is 6.14. The Morgan fingerprint density at radius 2 is 1.41 bits per heavy atom. The predicted octanol–water partition coefficient (Wildman–Crippen LogP) is 7.05. The van der Waals surface area contributed by atoms with Crippen LogP contribution in [0, 0.1) is 7.14 Å². The molecule has 27 heavy (non-hydrogen) atoms. The second-order valence-corrected chi connectivity index (χ2v) is 11.0. The summed E-state index contributed by atoms with van der Waals surface area (Å²) < 4.78 is 28.3. The van der Waals surface area contributed by atoms with E-state index in [0.29, 0.717) is 19.4 Å². The average Bonchev–Trinajstić information content (AvgIpc) is 2.92. The highest BCUT2D eigenvalue weighted by Crippen LogP contribution is 2.48. The summed E-state index contributed by atoms with van der Waals surface area (Å²) >= 11 is 4.73. The van der Waals surface area contributed by atoms with E-state index in [1.165, 1.54) is 28.9 Å². The molecule has 0 saturated heterocycles. The molecule has 0 spiro atoms. The van der Waals surface area contributed by atoms with Crippen LogP contribution >= 0.6 is 52.8 Å². The Kier molecular flexibility index (Phi) is 7.64. The molecule has 0 unspecified atom stereocenters. The third-order valence-corrected chi connectivity index (χ3v) is 8.01. The van der Waals surface area contributed by atoms with Crippen molar-refractivity contribution in [3.05, 3.63) is 43.5 Å². The van der Waals surface area contributed by atoms with E-state index in [2.05, 4.69) is 86.1 Å². The number of hydrogen-bond donors (Lipinski definition) is 0. The lowest BCUT2D eigenvalue weighted by Crippen LogP contribution is -2.03. The molecule has 3 rings (SSSR count). The van der Waals surface area contributed by atoms with E-state index >= 15 is 0 Å². The van der Waals surface area contributed by atoms with Gasteiger partial charge in [-0.1, -0.05) is 0 Å². The molecule has 4 nitrogen and oxygen atoms in total. The fraction of sp³-hybridized carbons (Fsp3) is 0.400. The van der Waals surface area contributed by atoms with Crippen LogP contribution in [0.4, 0.5) is 0 Å². The van der Waals surface area contributed by atoms with Gasteiger partial charge >= 0.3 is 7.60 Å². The van der Waals surface area contributed by atoms with Gasteiger partial charge in [0, 0.05) is 35.5 Å². The molecule has 2 aromatic carbocycles. The van der Waals surface area contributed by atoms with E-state index in [0.717, 1.165) is 19.4 Å². The zero-order chi connectivity index (χ0) is 19.4. The van der Waals surface area contributed by atoms with Crippen molar-refractivity contribution in [2.45, 2.75) is 33.2 Å². The first kappa shape index (κ1) is 21.6. The van der Waals surface area contributed by atoms with E-state index in [-0.39, 0.29) is 0 Å². The van der Waals surface area contributed by atoms with Crippen LogP contribution < -0.4 is 0 Å². The third kappa shape index (κ3) is 5.07. The molecule has 7 heteroatoms. The van der Waals surface area contributed by atoms with Crippen LogP contribution in [-0.4, -0.2) is 23.9 Å². The molecule has 0 aliphatic rings. The average molecular weight is 611 g/mol. The first-order valence-electron chi connectivity index (χ1n) is 9.22. The van der Waals surface area contributed by atoms with Gasteiger partial charge in [-0.3, -0.25) is 4.57 Å². The smallest absolute Gasteiger partial charge is 0.330 e. The predicted molar refractivity (Wildman–Crippen MR) is 130 cm³/mol. The molecule has 1 heterocycles. The van der Waals surface area contributed by atoms with E-state index < -0.39 is 7.60 Å². The number of rotatable bonds is 9. The number of hydrogen-bond acceptors (Lipinski definition) is 3. The summed E-state index contributed by atoms with van der Waals surface area (Å²) in [7, 11) is -2.95. The van der Waals surface area contributed by atoms with Gasteiger partial charge in [0.05, 0.1) is 19.4 Å². The number of nitrogens with zero attached hydrogens (tertiary/aromatic N) is 1. The maximum Gasteiger partial charge on any atom is 0.330 e. The zero-order valence-electron chi connectivity index (χ0n) is 15.6. The molecule has 0 radical (unpaired) electrons. The van der Waals surface area contributed by atoms with Crippen molar-refractivity contribution in [2.24, 2.45) is 0 Å². The van der Waals surface area contributed by atoms with Gasteiger partial charge in [-0.25, -0.2) is 0 Å². The summed E-state index contributed by atoms with van der Waals surface area (Å²) in [5.74, 6) is 0. The summed E-state index contributed by atoms with van der Waals surface area (Å²) in [6.07, 6.45) is 2.22. The van der Waals surface area contributed by atoms with Crippen LogP contribution in [0.2, 0.25) is 0 Å². The first-order chi connectivity index (χ1) is 13.0. The highest BCUT2D eigenvalue weighted by Gasteiger charge is 2.22. The van der Waals surface area contributed by atoms with Crippen molar-refractivity contribution < 1.29 is 13.6 Å². The van der Waals surface area contributed by atoms with Gasteiger partial charge in [0.1, 0.15) is 0 Å². The lowest BCUT2D eigenvalue weighted by atomic mass is 10.2. The summed E-state index contributed by atoms with van der Waals surface area (Å²) in [4.78, 5) is 0. The molecule has 1 aromatic heterocycles. The van der Waals surface area contributed by atoms with Crippen molar-refractivity contribution in [1.82, 2.24) is 4.57 Å². The molecule has 146 valence electrons. The van der Waals surface area contributed by atoms with Crippen LogP contribution in [0.1, 0.15) is 26.7 Å². The number of aromatic nitrogens is 1. The largest absolute Gasteiger partial charge is 0.340 e. The molecule has 0 aliphatic heterocycles. The minimum atomic E-state index is -2.95. The van der Waals surface area contributed by atoms with E-state index in [9.17, 15) is 4.57 Å². The third-order valence-electron chi connectivity index (χ3n) is 4.50. The van der Waals surface area contributed by atoms with Crippen LogP contribution in [0.25, 0.3) is 21.8 Å². The molecule has 0 bridgehead atoms. The molecule has 0 fully saturated rings. The van der Waals surface area contributed by atoms with Crippen LogP contribution in [0.15, 0.2) is 36.4 Å². The highest BCUT2D eigenvalue weighted by molar-refractivity contribution is 14.1. The number of unbranched alkanes of at least 4 members (excludes halogenated alkanes) is 1. The zero-order valence-corrected chi connectivity index (χ0v) is 20.8. The maximum absolute atomic E-state index is 12.6.